The van der Waals surface area contributed by atoms with Crippen molar-refractivity contribution in [1.29, 1.82) is 5.26 Å². The summed E-state index contributed by atoms with van der Waals surface area (Å²) >= 11 is 0. The van der Waals surface area contributed by atoms with Gasteiger partial charge >= 0.3 is 5.69 Å². The van der Waals surface area contributed by atoms with Crippen LogP contribution in [-0.4, -0.2) is 44.5 Å². The first-order valence-electron chi connectivity index (χ1n) is 12.2. The Labute approximate surface area is 195 Å². The van der Waals surface area contributed by atoms with Crippen molar-refractivity contribution in [3.8, 4) is 6.07 Å². The zero-order valence-electron chi connectivity index (χ0n) is 19.6. The second-order valence-electron chi connectivity index (χ2n) is 8.73. The molecule has 0 bridgehead atoms. The van der Waals surface area contributed by atoms with Crippen molar-refractivity contribution in [1.82, 2.24) is 9.55 Å². The van der Waals surface area contributed by atoms with E-state index in [0.29, 0.717) is 6.42 Å². The zero-order valence-corrected chi connectivity index (χ0v) is 19.6. The summed E-state index contributed by atoms with van der Waals surface area (Å²) in [6.07, 6.45) is 11.8. The van der Waals surface area contributed by atoms with Crippen LogP contribution < -0.4 is 11.0 Å². The van der Waals surface area contributed by atoms with Crippen LogP contribution in [0, 0.1) is 17.2 Å². The standard InChI is InChI=1S/C24H38N4O5/c1-2-3-4-5-6-7-8-9-10-11-12-13-21(30)26-20-14-15-28(24(32)27-20)23-18(16-25)22(31)19(17-29)33-23/h14-15,18-19,22-23,29,31H,2-13,17H2,1H3,(H,26,27,30,32)/t18?,19-,22?,23-/m1/s1. The number of carbonyl (C=O) groups is 1. The minimum Gasteiger partial charge on any atom is -0.394 e. The fourth-order valence-electron chi connectivity index (χ4n) is 4.11. The smallest absolute Gasteiger partial charge is 0.351 e. The predicted molar refractivity (Wildman–Crippen MR) is 124 cm³/mol. The van der Waals surface area contributed by atoms with Crippen LogP contribution in [0.15, 0.2) is 17.1 Å². The van der Waals surface area contributed by atoms with Gasteiger partial charge in [0.25, 0.3) is 0 Å². The van der Waals surface area contributed by atoms with E-state index in [-0.39, 0.29) is 11.7 Å². The van der Waals surface area contributed by atoms with Gasteiger partial charge in [-0.15, -0.1) is 0 Å². The van der Waals surface area contributed by atoms with Crippen LogP contribution in [0.5, 0.6) is 0 Å². The Bertz CT molecular complexity index is 822. The number of aliphatic hydroxyl groups is 2. The summed E-state index contributed by atoms with van der Waals surface area (Å²) in [5.74, 6) is -1.07. The number of amides is 1. The number of carbonyl (C=O) groups excluding carboxylic acids is 1. The highest BCUT2D eigenvalue weighted by atomic mass is 16.5. The van der Waals surface area contributed by atoms with E-state index in [1.165, 1.54) is 63.6 Å². The number of anilines is 1. The van der Waals surface area contributed by atoms with Gasteiger partial charge in [0.15, 0.2) is 6.23 Å². The molecule has 2 heterocycles. The number of unbranched alkanes of at least 4 members (excludes halogenated alkanes) is 10. The van der Waals surface area contributed by atoms with Crippen LogP contribution in [0.1, 0.15) is 90.2 Å². The van der Waals surface area contributed by atoms with Gasteiger partial charge in [0.2, 0.25) is 5.91 Å². The van der Waals surface area contributed by atoms with Crippen LogP contribution in [0.25, 0.3) is 0 Å². The number of hydrogen-bond acceptors (Lipinski definition) is 7. The Morgan fingerprint density at radius 3 is 2.30 bits per heavy atom. The molecule has 2 rings (SSSR count). The van der Waals surface area contributed by atoms with E-state index in [2.05, 4.69) is 17.2 Å². The summed E-state index contributed by atoms with van der Waals surface area (Å²) in [7, 11) is 0. The van der Waals surface area contributed by atoms with Crippen LogP contribution in [0.3, 0.4) is 0 Å². The molecule has 1 aliphatic rings. The molecule has 1 aromatic heterocycles. The average molecular weight is 463 g/mol. The maximum absolute atomic E-state index is 12.4. The minimum atomic E-state index is -1.21. The van der Waals surface area contributed by atoms with Crippen LogP contribution >= 0.6 is 0 Å². The van der Waals surface area contributed by atoms with Crippen molar-refractivity contribution >= 4 is 11.7 Å². The van der Waals surface area contributed by atoms with E-state index < -0.39 is 36.7 Å². The largest absolute Gasteiger partial charge is 0.394 e. The average Bonchev–Trinajstić information content (AvgIpc) is 3.12. The molecule has 3 N–H and O–H groups in total. The number of ether oxygens (including phenoxy) is 1. The van der Waals surface area contributed by atoms with Gasteiger partial charge in [-0.1, -0.05) is 71.1 Å². The fourth-order valence-corrected chi connectivity index (χ4v) is 4.11. The lowest BCUT2D eigenvalue weighted by molar-refractivity contribution is -0.116. The number of aliphatic hydroxyl groups excluding tert-OH is 2. The summed E-state index contributed by atoms with van der Waals surface area (Å²) in [6.45, 7) is 1.76. The Kier molecular flexibility index (Phi) is 12.1. The molecule has 0 saturated carbocycles. The third kappa shape index (κ3) is 8.54. The van der Waals surface area contributed by atoms with Gasteiger partial charge in [-0.3, -0.25) is 9.36 Å². The first-order valence-corrected chi connectivity index (χ1v) is 12.2. The zero-order chi connectivity index (χ0) is 24.1. The Hall–Kier alpha value is -2.28. The van der Waals surface area contributed by atoms with Gasteiger partial charge in [0.05, 0.1) is 12.7 Å². The number of nitrogens with zero attached hydrogens (tertiary/aromatic N) is 3. The molecule has 4 atom stereocenters. The Morgan fingerprint density at radius 2 is 1.76 bits per heavy atom. The molecule has 33 heavy (non-hydrogen) atoms. The van der Waals surface area contributed by atoms with Crippen LogP contribution in [-0.2, 0) is 9.53 Å². The molecule has 9 heteroatoms. The first kappa shape index (κ1) is 27.0. The Balaban J connectivity index is 1.69. The summed E-state index contributed by atoms with van der Waals surface area (Å²) in [6, 6.07) is 3.37. The van der Waals surface area contributed by atoms with E-state index >= 15 is 0 Å². The number of hydrogen-bond donors (Lipinski definition) is 3. The summed E-state index contributed by atoms with van der Waals surface area (Å²) < 4.78 is 6.54. The molecule has 184 valence electrons. The van der Waals surface area contributed by atoms with Gasteiger partial charge < -0.3 is 20.3 Å². The maximum Gasteiger partial charge on any atom is 0.351 e. The topological polar surface area (TPSA) is 137 Å². The lowest BCUT2D eigenvalue weighted by atomic mass is 10.0. The number of nitriles is 1. The minimum absolute atomic E-state index is 0.134. The summed E-state index contributed by atoms with van der Waals surface area (Å²) in [5, 5.41) is 31.2. The monoisotopic (exact) mass is 462 g/mol. The second-order valence-corrected chi connectivity index (χ2v) is 8.73. The molecule has 9 nitrogen and oxygen atoms in total. The molecule has 0 aromatic carbocycles. The van der Waals surface area contributed by atoms with Crippen molar-refractivity contribution in [3.63, 3.8) is 0 Å². The lowest BCUT2D eigenvalue weighted by Crippen LogP contribution is -2.32. The number of aromatic nitrogens is 2. The quantitative estimate of drug-likeness (QED) is 0.340. The molecule has 1 aromatic rings. The van der Waals surface area contributed by atoms with Crippen molar-refractivity contribution in [2.75, 3.05) is 11.9 Å². The molecule has 0 aliphatic carbocycles. The van der Waals surface area contributed by atoms with E-state index in [4.69, 9.17) is 4.74 Å². The van der Waals surface area contributed by atoms with Crippen LogP contribution in [0.4, 0.5) is 5.82 Å². The normalized spacial score (nSPS) is 22.2. The summed E-state index contributed by atoms with van der Waals surface area (Å²) in [4.78, 5) is 28.4. The Morgan fingerprint density at radius 1 is 1.15 bits per heavy atom. The molecule has 1 amide bonds. The first-order chi connectivity index (χ1) is 16.0. The molecular weight excluding hydrogens is 424 g/mol. The molecule has 0 radical (unpaired) electrons. The molecule has 0 spiro atoms. The molecule has 1 saturated heterocycles. The van der Waals surface area contributed by atoms with Gasteiger partial charge in [-0.05, 0) is 12.5 Å². The van der Waals surface area contributed by atoms with Crippen molar-refractivity contribution in [2.24, 2.45) is 5.92 Å². The SMILES string of the molecule is CCCCCCCCCCCCCC(=O)Nc1ccn([C@@H]2O[C@H](CO)C(O)C2C#N)c(=O)n1. The highest BCUT2D eigenvalue weighted by Crippen LogP contribution is 2.33. The van der Waals surface area contributed by atoms with Gasteiger partial charge in [-0.2, -0.15) is 10.2 Å². The van der Waals surface area contributed by atoms with Gasteiger partial charge in [0.1, 0.15) is 23.9 Å². The highest BCUT2D eigenvalue weighted by Gasteiger charge is 2.45. The van der Waals surface area contributed by atoms with Crippen molar-refractivity contribution in [3.05, 3.63) is 22.7 Å². The number of rotatable bonds is 15. The van der Waals surface area contributed by atoms with Crippen LogP contribution in [0.2, 0.25) is 0 Å². The van der Waals surface area contributed by atoms with E-state index in [1.54, 1.807) is 0 Å². The van der Waals surface area contributed by atoms with E-state index in [9.17, 15) is 25.1 Å². The summed E-state index contributed by atoms with van der Waals surface area (Å²) in [5.41, 5.74) is -0.710. The van der Waals surface area contributed by atoms with Gasteiger partial charge in [-0.25, -0.2) is 4.79 Å². The molecule has 1 aliphatic heterocycles. The second kappa shape index (κ2) is 14.8. The highest BCUT2D eigenvalue weighted by molar-refractivity contribution is 5.89. The number of nitrogens with one attached hydrogen (secondary N) is 1. The molecular formula is C24H38N4O5. The predicted octanol–water partition coefficient (Wildman–Crippen LogP) is 3.27. The van der Waals surface area contributed by atoms with Gasteiger partial charge in [0, 0.05) is 12.6 Å². The van der Waals surface area contributed by atoms with E-state index in [0.717, 1.165) is 23.8 Å². The van der Waals surface area contributed by atoms with Crippen molar-refractivity contribution < 1.29 is 19.7 Å². The lowest BCUT2D eigenvalue weighted by Gasteiger charge is -2.16. The third-order valence-corrected chi connectivity index (χ3v) is 6.08. The maximum atomic E-state index is 12.4. The van der Waals surface area contributed by atoms with E-state index in [1.807, 2.05) is 6.07 Å². The van der Waals surface area contributed by atoms with Crippen molar-refractivity contribution in [2.45, 2.75) is 102 Å². The fraction of sp³-hybridized carbons (Fsp3) is 0.750. The molecule has 2 unspecified atom stereocenters. The third-order valence-electron chi connectivity index (χ3n) is 6.08. The molecule has 1 fully saturated rings.